The van der Waals surface area contributed by atoms with Crippen molar-refractivity contribution < 1.29 is 9.53 Å². The van der Waals surface area contributed by atoms with E-state index in [0.717, 1.165) is 27.8 Å². The highest BCUT2D eigenvalue weighted by atomic mass is 79.9. The van der Waals surface area contributed by atoms with Crippen LogP contribution in [0.4, 0.5) is 0 Å². The maximum atomic E-state index is 12.5. The van der Waals surface area contributed by atoms with E-state index in [9.17, 15) is 4.79 Å². The molecule has 2 aliphatic rings. The van der Waals surface area contributed by atoms with Gasteiger partial charge in [0.2, 0.25) is 5.91 Å². The van der Waals surface area contributed by atoms with Crippen LogP contribution < -0.4 is 10.2 Å². The standard InChI is InChI=1S/C23H24BrClN2O2/c1-23-11-3-2-4-18(23)21(23)22(28)27-26-13-16-7-10-20(19(24)12-16)29-14-15-5-8-17(25)9-6-15/h5-10,12-13,18,21H,2-4,11,14H2,1H3,(H,27,28)/b26-13-/t18-,21-,23+/m1/s1. The van der Waals surface area contributed by atoms with Gasteiger partial charge in [-0.3, -0.25) is 4.79 Å². The Morgan fingerprint density at radius 3 is 2.79 bits per heavy atom. The van der Waals surface area contributed by atoms with Crippen molar-refractivity contribution in [1.29, 1.82) is 0 Å². The molecule has 2 aromatic rings. The Hall–Kier alpha value is -1.85. The SMILES string of the molecule is C[C@]12CCCC[C@@H]1[C@@H]2C(=O)N/N=C\c1ccc(OCc2ccc(Cl)cc2)c(Br)c1. The lowest BCUT2D eigenvalue weighted by Gasteiger charge is -2.15. The molecule has 0 aliphatic heterocycles. The molecule has 4 rings (SSSR count). The van der Waals surface area contributed by atoms with Crippen LogP contribution in [0.3, 0.4) is 0 Å². The minimum atomic E-state index is 0.0534. The Kier molecular flexibility index (Phi) is 5.98. The fourth-order valence-electron chi connectivity index (χ4n) is 4.55. The highest BCUT2D eigenvalue weighted by molar-refractivity contribution is 9.10. The number of ether oxygens (including phenoxy) is 1. The Bertz CT molecular complexity index is 931. The molecule has 0 spiro atoms. The number of benzene rings is 2. The largest absolute Gasteiger partial charge is 0.488 e. The van der Waals surface area contributed by atoms with Crippen LogP contribution in [-0.2, 0) is 11.4 Å². The van der Waals surface area contributed by atoms with Crippen molar-refractivity contribution >= 4 is 39.7 Å². The highest BCUT2D eigenvalue weighted by Crippen LogP contribution is 2.66. The monoisotopic (exact) mass is 474 g/mol. The molecule has 152 valence electrons. The van der Waals surface area contributed by atoms with Gasteiger partial charge in [0.05, 0.1) is 10.7 Å². The van der Waals surface area contributed by atoms with E-state index in [0.29, 0.717) is 17.5 Å². The molecule has 0 saturated heterocycles. The third-order valence-electron chi connectivity index (χ3n) is 6.27. The summed E-state index contributed by atoms with van der Waals surface area (Å²) >= 11 is 9.44. The molecular weight excluding hydrogens is 452 g/mol. The van der Waals surface area contributed by atoms with Gasteiger partial charge in [-0.15, -0.1) is 0 Å². The summed E-state index contributed by atoms with van der Waals surface area (Å²) in [6.07, 6.45) is 6.47. The maximum Gasteiger partial charge on any atom is 0.244 e. The summed E-state index contributed by atoms with van der Waals surface area (Å²) in [4.78, 5) is 12.5. The quantitative estimate of drug-likeness (QED) is 0.414. The van der Waals surface area contributed by atoms with Crippen molar-refractivity contribution in [3.63, 3.8) is 0 Å². The lowest BCUT2D eigenvalue weighted by atomic mass is 9.90. The van der Waals surface area contributed by atoms with E-state index in [1.54, 1.807) is 6.21 Å². The van der Waals surface area contributed by atoms with Crippen molar-refractivity contribution in [2.45, 2.75) is 39.2 Å². The van der Waals surface area contributed by atoms with Gasteiger partial charge >= 0.3 is 0 Å². The van der Waals surface area contributed by atoms with Crippen molar-refractivity contribution in [2.75, 3.05) is 0 Å². The minimum Gasteiger partial charge on any atom is -0.488 e. The van der Waals surface area contributed by atoms with Crippen LogP contribution in [0.2, 0.25) is 5.02 Å². The molecule has 1 N–H and O–H groups in total. The Balaban J connectivity index is 1.31. The molecule has 6 heteroatoms. The number of hydrogen-bond donors (Lipinski definition) is 1. The maximum absolute atomic E-state index is 12.5. The number of carbonyl (C=O) groups excluding carboxylic acids is 1. The summed E-state index contributed by atoms with van der Waals surface area (Å²) in [7, 11) is 0. The van der Waals surface area contributed by atoms with Crippen molar-refractivity contribution in [3.05, 3.63) is 63.1 Å². The molecule has 29 heavy (non-hydrogen) atoms. The summed E-state index contributed by atoms with van der Waals surface area (Å²) in [5, 5.41) is 4.87. The first-order valence-electron chi connectivity index (χ1n) is 9.97. The van der Waals surface area contributed by atoms with Crippen LogP contribution in [0, 0.1) is 17.3 Å². The van der Waals surface area contributed by atoms with E-state index in [1.165, 1.54) is 19.3 Å². The van der Waals surface area contributed by atoms with Crippen molar-refractivity contribution in [1.82, 2.24) is 5.43 Å². The number of hydrogen-bond acceptors (Lipinski definition) is 3. The number of rotatable bonds is 6. The normalized spacial score (nSPS) is 25.5. The fraction of sp³-hybridized carbons (Fsp3) is 0.391. The molecule has 2 fully saturated rings. The molecule has 0 radical (unpaired) electrons. The van der Waals surface area contributed by atoms with Crippen molar-refractivity contribution in [3.8, 4) is 5.75 Å². The van der Waals surface area contributed by atoms with Gasteiger partial charge in [0.15, 0.2) is 0 Å². The Morgan fingerprint density at radius 2 is 2.10 bits per heavy atom. The van der Waals surface area contributed by atoms with E-state index >= 15 is 0 Å². The van der Waals surface area contributed by atoms with Crippen molar-refractivity contribution in [2.24, 2.45) is 22.4 Å². The molecule has 2 saturated carbocycles. The molecule has 3 atom stereocenters. The van der Waals surface area contributed by atoms with E-state index < -0.39 is 0 Å². The number of carbonyl (C=O) groups is 1. The third kappa shape index (κ3) is 4.51. The van der Waals surface area contributed by atoms with Gasteiger partial charge < -0.3 is 4.74 Å². The van der Waals surface area contributed by atoms with E-state index in [-0.39, 0.29) is 17.2 Å². The molecule has 0 unspecified atom stereocenters. The average Bonchev–Trinajstić information content (AvgIpc) is 3.34. The second-order valence-electron chi connectivity index (χ2n) is 8.18. The number of halogens is 2. The zero-order valence-electron chi connectivity index (χ0n) is 16.3. The number of fused-ring (bicyclic) bond motifs is 1. The van der Waals surface area contributed by atoms with E-state index in [1.807, 2.05) is 42.5 Å². The zero-order valence-corrected chi connectivity index (χ0v) is 18.7. The molecule has 0 aromatic heterocycles. The van der Waals surface area contributed by atoms with Crippen LogP contribution >= 0.6 is 27.5 Å². The van der Waals surface area contributed by atoms with Gasteiger partial charge in [0.25, 0.3) is 0 Å². The van der Waals surface area contributed by atoms with Gasteiger partial charge in [-0.2, -0.15) is 5.10 Å². The van der Waals surface area contributed by atoms with Gasteiger partial charge in [-0.05, 0) is 81.6 Å². The first-order valence-corrected chi connectivity index (χ1v) is 11.1. The first-order chi connectivity index (χ1) is 14.0. The summed E-state index contributed by atoms with van der Waals surface area (Å²) in [6.45, 7) is 2.70. The molecular formula is C23H24BrClN2O2. The first kappa shape index (κ1) is 20.4. The Labute approximate surface area is 184 Å². The Morgan fingerprint density at radius 1 is 1.31 bits per heavy atom. The van der Waals surface area contributed by atoms with Crippen LogP contribution in [0.1, 0.15) is 43.7 Å². The lowest BCUT2D eigenvalue weighted by Crippen LogP contribution is -2.22. The number of nitrogens with zero attached hydrogens (tertiary/aromatic N) is 1. The predicted molar refractivity (Wildman–Crippen MR) is 119 cm³/mol. The molecule has 2 aromatic carbocycles. The minimum absolute atomic E-state index is 0.0534. The second-order valence-corrected chi connectivity index (χ2v) is 9.47. The van der Waals surface area contributed by atoms with Crippen LogP contribution in [0.25, 0.3) is 0 Å². The predicted octanol–water partition coefficient (Wildman–Crippen LogP) is 5.96. The smallest absolute Gasteiger partial charge is 0.244 e. The van der Waals surface area contributed by atoms with Crippen LogP contribution in [-0.4, -0.2) is 12.1 Å². The van der Waals surface area contributed by atoms with Gasteiger partial charge in [-0.25, -0.2) is 5.43 Å². The average molecular weight is 476 g/mol. The molecule has 0 bridgehead atoms. The summed E-state index contributed by atoms with van der Waals surface area (Å²) in [6, 6.07) is 13.3. The van der Waals surface area contributed by atoms with E-state index in [4.69, 9.17) is 16.3 Å². The third-order valence-corrected chi connectivity index (χ3v) is 7.14. The zero-order chi connectivity index (χ0) is 20.4. The lowest BCUT2D eigenvalue weighted by molar-refractivity contribution is -0.123. The van der Waals surface area contributed by atoms with E-state index in [2.05, 4.69) is 33.4 Å². The highest BCUT2D eigenvalue weighted by Gasteiger charge is 2.64. The molecule has 1 amide bonds. The topological polar surface area (TPSA) is 50.7 Å². The number of hydrazone groups is 1. The number of amides is 1. The van der Waals surface area contributed by atoms with Crippen LogP contribution in [0.5, 0.6) is 5.75 Å². The second kappa shape index (κ2) is 8.49. The molecule has 2 aliphatic carbocycles. The fourth-order valence-corrected chi connectivity index (χ4v) is 5.18. The summed E-state index contributed by atoms with van der Waals surface area (Å²) in [5.74, 6) is 1.46. The molecule has 0 heterocycles. The van der Waals surface area contributed by atoms with Gasteiger partial charge in [0, 0.05) is 10.9 Å². The summed E-state index contributed by atoms with van der Waals surface area (Å²) < 4.78 is 6.70. The van der Waals surface area contributed by atoms with Gasteiger partial charge in [0.1, 0.15) is 12.4 Å². The summed E-state index contributed by atoms with van der Waals surface area (Å²) in [5.41, 5.74) is 4.86. The number of nitrogens with one attached hydrogen (secondary N) is 1. The van der Waals surface area contributed by atoms with Crippen LogP contribution in [0.15, 0.2) is 52.0 Å². The van der Waals surface area contributed by atoms with Gasteiger partial charge in [-0.1, -0.05) is 43.5 Å². The molecule has 4 nitrogen and oxygen atoms in total.